The van der Waals surface area contributed by atoms with Crippen LogP contribution < -0.4 is 11.5 Å². The predicted octanol–water partition coefficient (Wildman–Crippen LogP) is 4.29. The molecule has 2 aromatic heterocycles. The Hall–Kier alpha value is -3.02. The van der Waals surface area contributed by atoms with E-state index in [-0.39, 0.29) is 0 Å². The fraction of sp³-hybridized carbons (Fsp3) is 0.300. The van der Waals surface area contributed by atoms with Crippen LogP contribution in [-0.4, -0.2) is 14.9 Å². The quantitative estimate of drug-likeness (QED) is 0.718. The first-order chi connectivity index (χ1) is 12.6. The van der Waals surface area contributed by atoms with Crippen LogP contribution in [0.25, 0.3) is 11.3 Å². The highest BCUT2D eigenvalue weighted by atomic mass is 16.5. The van der Waals surface area contributed by atoms with E-state index >= 15 is 0 Å². The summed E-state index contributed by atoms with van der Waals surface area (Å²) in [6, 6.07) is 11.7. The monoisotopic (exact) mass is 351 g/mol. The van der Waals surface area contributed by atoms with Crippen molar-refractivity contribution in [3.05, 3.63) is 59.4 Å². The van der Waals surface area contributed by atoms with E-state index in [1.807, 2.05) is 50.2 Å². The van der Waals surface area contributed by atoms with Gasteiger partial charge < -0.3 is 16.0 Å². The minimum Gasteiger partial charge on any atom is -0.384 e. The van der Waals surface area contributed by atoms with Crippen molar-refractivity contribution in [2.45, 2.75) is 39.5 Å². The van der Waals surface area contributed by atoms with Gasteiger partial charge in [-0.3, -0.25) is 0 Å². The molecule has 0 saturated heterocycles. The van der Waals surface area contributed by atoms with Crippen LogP contribution in [0.2, 0.25) is 0 Å². The van der Waals surface area contributed by atoms with E-state index in [4.69, 9.17) is 16.0 Å². The molecule has 0 aliphatic heterocycles. The molecule has 26 heavy (non-hydrogen) atoms. The van der Waals surface area contributed by atoms with Gasteiger partial charge in [0, 0.05) is 6.07 Å². The number of para-hydroxylation sites is 1. The maximum atomic E-state index is 5.77. The van der Waals surface area contributed by atoms with Gasteiger partial charge in [-0.05, 0) is 57.2 Å². The molecule has 4 N–H and O–H groups in total. The van der Waals surface area contributed by atoms with Crippen molar-refractivity contribution < 1.29 is 4.52 Å². The highest BCUT2D eigenvalue weighted by Gasteiger charge is 2.15. The standard InChI is InChI=1S/C10H11N3.C10H14N2O/c1-8-7-10(11)13(12-8)9-5-3-2-4-6-9;1-7-9(10(11)13-12-7)8-5-3-2-4-6-8/h2-7H,11H2,1H3;5H,2-4,6,11H2,1H3. The van der Waals surface area contributed by atoms with Gasteiger partial charge in [0.05, 0.1) is 22.6 Å². The number of aromatic nitrogens is 3. The van der Waals surface area contributed by atoms with Crippen LogP contribution in [0, 0.1) is 13.8 Å². The maximum Gasteiger partial charge on any atom is 0.229 e. The van der Waals surface area contributed by atoms with Crippen LogP contribution >= 0.6 is 0 Å². The van der Waals surface area contributed by atoms with Gasteiger partial charge in [0.2, 0.25) is 5.88 Å². The van der Waals surface area contributed by atoms with Crippen LogP contribution in [0.15, 0.2) is 47.0 Å². The molecule has 0 radical (unpaired) electrons. The van der Waals surface area contributed by atoms with Crippen molar-refractivity contribution in [1.29, 1.82) is 0 Å². The highest BCUT2D eigenvalue weighted by molar-refractivity contribution is 5.74. The number of hydrogen-bond donors (Lipinski definition) is 2. The van der Waals surface area contributed by atoms with Crippen molar-refractivity contribution in [2.75, 3.05) is 11.5 Å². The zero-order valence-corrected chi connectivity index (χ0v) is 15.3. The van der Waals surface area contributed by atoms with E-state index < -0.39 is 0 Å². The Labute approximate surface area is 153 Å². The van der Waals surface area contributed by atoms with E-state index in [1.165, 1.54) is 18.4 Å². The predicted molar refractivity (Wildman–Crippen MR) is 105 cm³/mol. The third-order valence-electron chi connectivity index (χ3n) is 4.36. The summed E-state index contributed by atoms with van der Waals surface area (Å²) in [6.45, 7) is 3.86. The van der Waals surface area contributed by atoms with Crippen LogP contribution in [-0.2, 0) is 0 Å². The van der Waals surface area contributed by atoms with Gasteiger partial charge in [-0.15, -0.1) is 0 Å². The number of nitrogen functional groups attached to an aromatic ring is 2. The lowest BCUT2D eigenvalue weighted by atomic mass is 9.94. The Morgan fingerprint density at radius 3 is 2.38 bits per heavy atom. The van der Waals surface area contributed by atoms with E-state index in [0.717, 1.165) is 35.5 Å². The summed E-state index contributed by atoms with van der Waals surface area (Å²) in [7, 11) is 0. The Morgan fingerprint density at radius 2 is 1.85 bits per heavy atom. The molecule has 0 fully saturated rings. The zero-order valence-electron chi connectivity index (χ0n) is 15.3. The van der Waals surface area contributed by atoms with Crippen molar-refractivity contribution in [1.82, 2.24) is 14.9 Å². The molecule has 1 aliphatic rings. The lowest BCUT2D eigenvalue weighted by Crippen LogP contribution is -2.00. The average Bonchev–Trinajstić information content (AvgIpc) is 3.17. The minimum absolute atomic E-state index is 0.464. The smallest absolute Gasteiger partial charge is 0.229 e. The van der Waals surface area contributed by atoms with E-state index in [1.54, 1.807) is 4.68 Å². The summed E-state index contributed by atoms with van der Waals surface area (Å²) in [6.07, 6.45) is 7.04. The van der Waals surface area contributed by atoms with Gasteiger partial charge in [-0.2, -0.15) is 5.10 Å². The molecule has 6 nitrogen and oxygen atoms in total. The fourth-order valence-electron chi connectivity index (χ4n) is 3.14. The summed E-state index contributed by atoms with van der Waals surface area (Å²) in [4.78, 5) is 0. The molecule has 0 saturated carbocycles. The fourth-order valence-corrected chi connectivity index (χ4v) is 3.14. The molecule has 0 bridgehead atoms. The summed E-state index contributed by atoms with van der Waals surface area (Å²) >= 11 is 0. The number of nitrogens with zero attached hydrogens (tertiary/aromatic N) is 3. The molecule has 4 rings (SSSR count). The first-order valence-corrected chi connectivity index (χ1v) is 8.85. The number of benzene rings is 1. The van der Waals surface area contributed by atoms with Gasteiger partial charge in [0.1, 0.15) is 5.82 Å². The van der Waals surface area contributed by atoms with Crippen LogP contribution in [0.5, 0.6) is 0 Å². The second-order valence-electron chi connectivity index (χ2n) is 6.44. The first-order valence-electron chi connectivity index (χ1n) is 8.85. The molecule has 0 unspecified atom stereocenters. The molecule has 3 aromatic rings. The highest BCUT2D eigenvalue weighted by Crippen LogP contribution is 2.32. The lowest BCUT2D eigenvalue weighted by molar-refractivity contribution is 0.431. The molecular weight excluding hydrogens is 326 g/mol. The van der Waals surface area contributed by atoms with Crippen molar-refractivity contribution in [2.24, 2.45) is 0 Å². The average molecular weight is 351 g/mol. The molecule has 136 valence electrons. The normalized spacial score (nSPS) is 13.7. The molecule has 0 amide bonds. The largest absolute Gasteiger partial charge is 0.384 e. The van der Waals surface area contributed by atoms with Crippen molar-refractivity contribution >= 4 is 17.3 Å². The Bertz CT molecular complexity index is 873. The van der Waals surface area contributed by atoms with Crippen molar-refractivity contribution in [3.8, 4) is 5.69 Å². The van der Waals surface area contributed by atoms with Gasteiger partial charge in [0.25, 0.3) is 0 Å². The number of nitrogens with two attached hydrogens (primary N) is 2. The molecule has 1 aromatic carbocycles. The Kier molecular flexibility index (Phi) is 5.41. The molecule has 6 heteroatoms. The van der Waals surface area contributed by atoms with Gasteiger partial charge in [-0.1, -0.05) is 29.4 Å². The van der Waals surface area contributed by atoms with Crippen LogP contribution in [0.4, 0.5) is 11.7 Å². The topological polar surface area (TPSA) is 95.9 Å². The van der Waals surface area contributed by atoms with Crippen LogP contribution in [0.3, 0.4) is 0 Å². The zero-order chi connectivity index (χ0) is 18.5. The summed E-state index contributed by atoms with van der Waals surface area (Å²) in [5.74, 6) is 1.13. The van der Waals surface area contributed by atoms with Gasteiger partial charge in [-0.25, -0.2) is 4.68 Å². The Morgan fingerprint density at radius 1 is 1.08 bits per heavy atom. The second-order valence-corrected chi connectivity index (χ2v) is 6.44. The summed E-state index contributed by atoms with van der Waals surface area (Å²) in [5, 5.41) is 8.12. The molecule has 1 aliphatic carbocycles. The summed E-state index contributed by atoms with van der Waals surface area (Å²) in [5.41, 5.74) is 16.6. The number of allylic oxidation sites excluding steroid dienone is 2. The third-order valence-corrected chi connectivity index (χ3v) is 4.36. The molecule has 0 spiro atoms. The van der Waals surface area contributed by atoms with E-state index in [9.17, 15) is 0 Å². The Balaban J connectivity index is 0.000000151. The lowest BCUT2D eigenvalue weighted by Gasteiger charge is -2.11. The second kappa shape index (κ2) is 7.91. The third kappa shape index (κ3) is 3.96. The minimum atomic E-state index is 0.464. The van der Waals surface area contributed by atoms with Crippen molar-refractivity contribution in [3.63, 3.8) is 0 Å². The van der Waals surface area contributed by atoms with E-state index in [2.05, 4.69) is 16.3 Å². The first kappa shape index (κ1) is 17.8. The summed E-state index contributed by atoms with van der Waals surface area (Å²) < 4.78 is 6.67. The van der Waals surface area contributed by atoms with Gasteiger partial charge >= 0.3 is 0 Å². The van der Waals surface area contributed by atoms with Gasteiger partial charge in [0.15, 0.2) is 0 Å². The maximum absolute atomic E-state index is 5.77. The number of rotatable bonds is 2. The number of aryl methyl sites for hydroxylation is 2. The van der Waals surface area contributed by atoms with E-state index in [0.29, 0.717) is 11.7 Å². The number of hydrogen-bond acceptors (Lipinski definition) is 5. The SMILES string of the molecule is Cc1cc(N)n(-c2ccccc2)n1.Cc1noc(N)c1C1=CCCCC1. The molecule has 0 atom stereocenters. The van der Waals surface area contributed by atoms with Crippen LogP contribution in [0.1, 0.15) is 42.6 Å². The molecular formula is C20H25N5O. The number of anilines is 2. The molecule has 2 heterocycles.